The second kappa shape index (κ2) is 7.46. The second-order valence-electron chi connectivity index (χ2n) is 6.48. The third-order valence-corrected chi connectivity index (χ3v) is 4.01. The van der Waals surface area contributed by atoms with Gasteiger partial charge in [0, 0.05) is 5.56 Å². The van der Waals surface area contributed by atoms with E-state index >= 15 is 0 Å². The molecule has 0 N–H and O–H groups in total. The van der Waals surface area contributed by atoms with Crippen molar-refractivity contribution in [2.45, 2.75) is 20.0 Å². The number of nitrogens with zero attached hydrogens (tertiary/aromatic N) is 2. The Morgan fingerprint density at radius 2 is 1.41 bits per heavy atom. The predicted molar refractivity (Wildman–Crippen MR) is 107 cm³/mol. The molecule has 0 amide bonds. The third-order valence-electron chi connectivity index (χ3n) is 4.01. The number of ether oxygens (including phenoxy) is 2. The molecule has 0 aliphatic heterocycles. The maximum absolute atomic E-state index is 6.05. The molecule has 0 unspecified atom stereocenters. The average Bonchev–Trinajstić information content (AvgIpc) is 2.69. The molecule has 0 saturated carbocycles. The molecule has 4 aromatic rings. The van der Waals surface area contributed by atoms with Crippen molar-refractivity contribution in [2.75, 3.05) is 0 Å². The van der Waals surface area contributed by atoms with Gasteiger partial charge in [-0.2, -0.15) is 4.98 Å². The smallest absolute Gasteiger partial charge is 0.230 e. The summed E-state index contributed by atoms with van der Waals surface area (Å²) in [5.74, 6) is 2.74. The van der Waals surface area contributed by atoms with E-state index in [0.717, 1.165) is 28.0 Å². The van der Waals surface area contributed by atoms with Crippen LogP contribution < -0.4 is 9.47 Å². The Morgan fingerprint density at radius 3 is 2.15 bits per heavy atom. The Morgan fingerprint density at radius 1 is 0.704 bits per heavy atom. The van der Waals surface area contributed by atoms with Crippen LogP contribution in [-0.4, -0.2) is 16.1 Å². The van der Waals surface area contributed by atoms with Crippen LogP contribution in [0.25, 0.3) is 22.3 Å². The van der Waals surface area contributed by atoms with Gasteiger partial charge in [0.25, 0.3) is 0 Å². The molecule has 0 saturated heterocycles. The first-order chi connectivity index (χ1) is 13.2. The molecule has 0 atom stereocenters. The van der Waals surface area contributed by atoms with E-state index in [9.17, 15) is 0 Å². The van der Waals surface area contributed by atoms with Gasteiger partial charge < -0.3 is 9.47 Å². The zero-order valence-electron chi connectivity index (χ0n) is 15.3. The van der Waals surface area contributed by atoms with Crippen molar-refractivity contribution in [3.63, 3.8) is 0 Å². The summed E-state index contributed by atoms with van der Waals surface area (Å²) in [6, 6.07) is 25.3. The summed E-state index contributed by atoms with van der Waals surface area (Å²) in [4.78, 5) is 9.39. The fourth-order valence-electron chi connectivity index (χ4n) is 2.81. The molecule has 1 aromatic heterocycles. The van der Waals surface area contributed by atoms with E-state index in [1.54, 1.807) is 0 Å². The number of fused-ring (bicyclic) bond motifs is 1. The minimum absolute atomic E-state index is 0.138. The summed E-state index contributed by atoms with van der Waals surface area (Å²) in [6.45, 7) is 4.01. The molecule has 0 fully saturated rings. The predicted octanol–water partition coefficient (Wildman–Crippen LogP) is 5.88. The van der Waals surface area contributed by atoms with Crippen LogP contribution >= 0.6 is 0 Å². The van der Waals surface area contributed by atoms with Gasteiger partial charge in [-0.3, -0.25) is 0 Å². The molecule has 134 valence electrons. The number of benzene rings is 3. The zero-order valence-corrected chi connectivity index (χ0v) is 15.3. The maximum atomic E-state index is 6.05. The molecule has 27 heavy (non-hydrogen) atoms. The van der Waals surface area contributed by atoms with Gasteiger partial charge in [0.15, 0.2) is 5.82 Å². The van der Waals surface area contributed by atoms with Gasteiger partial charge in [-0.1, -0.05) is 30.3 Å². The van der Waals surface area contributed by atoms with Crippen LogP contribution in [0.3, 0.4) is 0 Å². The molecule has 4 rings (SSSR count). The lowest BCUT2D eigenvalue weighted by Gasteiger charge is -2.11. The van der Waals surface area contributed by atoms with Gasteiger partial charge in [-0.25, -0.2) is 4.98 Å². The van der Waals surface area contributed by atoms with Crippen molar-refractivity contribution < 1.29 is 9.47 Å². The van der Waals surface area contributed by atoms with Crippen LogP contribution in [0.4, 0.5) is 0 Å². The molecule has 4 heteroatoms. The Kier molecular flexibility index (Phi) is 4.71. The number of rotatable bonds is 5. The van der Waals surface area contributed by atoms with Gasteiger partial charge in [0.05, 0.1) is 17.0 Å². The molecule has 0 aliphatic carbocycles. The van der Waals surface area contributed by atoms with Gasteiger partial charge in [0.2, 0.25) is 5.88 Å². The molecule has 0 bridgehead atoms. The SMILES string of the molecule is CC(C)Oc1ccc(-c2nc(Oc3ccccc3)c3ccccc3n2)cc1. The van der Waals surface area contributed by atoms with Crippen LogP contribution in [0.15, 0.2) is 78.9 Å². The Labute approximate surface area is 158 Å². The molecular weight excluding hydrogens is 336 g/mol. The molecule has 0 spiro atoms. The average molecular weight is 356 g/mol. The lowest BCUT2D eigenvalue weighted by molar-refractivity contribution is 0.242. The van der Waals surface area contributed by atoms with Gasteiger partial charge in [-0.05, 0) is 62.4 Å². The van der Waals surface area contributed by atoms with Crippen molar-refractivity contribution in [3.8, 4) is 28.8 Å². The minimum Gasteiger partial charge on any atom is -0.491 e. The maximum Gasteiger partial charge on any atom is 0.230 e. The highest BCUT2D eigenvalue weighted by Gasteiger charge is 2.11. The van der Waals surface area contributed by atoms with E-state index in [1.165, 1.54) is 0 Å². The fraction of sp³-hybridized carbons (Fsp3) is 0.130. The lowest BCUT2D eigenvalue weighted by atomic mass is 10.2. The van der Waals surface area contributed by atoms with E-state index in [0.29, 0.717) is 11.7 Å². The number of aromatic nitrogens is 2. The molecule has 1 heterocycles. The standard InChI is InChI=1S/C23H20N2O2/c1-16(2)26-19-14-12-17(13-15-19)22-24-21-11-7-6-10-20(21)23(25-22)27-18-8-4-3-5-9-18/h3-16H,1-2H3. The first-order valence-corrected chi connectivity index (χ1v) is 8.96. The highest BCUT2D eigenvalue weighted by atomic mass is 16.5. The zero-order chi connectivity index (χ0) is 18.6. The largest absolute Gasteiger partial charge is 0.491 e. The lowest BCUT2D eigenvalue weighted by Crippen LogP contribution is -2.05. The molecule has 0 radical (unpaired) electrons. The summed E-state index contributed by atoms with van der Waals surface area (Å²) in [5, 5.41) is 0.880. The van der Waals surface area contributed by atoms with Crippen molar-refractivity contribution in [2.24, 2.45) is 0 Å². The van der Waals surface area contributed by atoms with Crippen LogP contribution in [0.2, 0.25) is 0 Å². The van der Waals surface area contributed by atoms with Crippen LogP contribution in [0.1, 0.15) is 13.8 Å². The number of para-hydroxylation sites is 2. The summed E-state index contributed by atoms with van der Waals surface area (Å²) in [7, 11) is 0. The van der Waals surface area contributed by atoms with Gasteiger partial charge >= 0.3 is 0 Å². The van der Waals surface area contributed by atoms with E-state index < -0.39 is 0 Å². The van der Waals surface area contributed by atoms with E-state index in [2.05, 4.69) is 4.98 Å². The van der Waals surface area contributed by atoms with E-state index in [4.69, 9.17) is 14.5 Å². The normalized spacial score (nSPS) is 10.9. The van der Waals surface area contributed by atoms with Gasteiger partial charge in [-0.15, -0.1) is 0 Å². The molecule has 3 aromatic carbocycles. The van der Waals surface area contributed by atoms with E-state index in [-0.39, 0.29) is 6.10 Å². The molecular formula is C23H20N2O2. The van der Waals surface area contributed by atoms with Crippen molar-refractivity contribution >= 4 is 10.9 Å². The first-order valence-electron chi connectivity index (χ1n) is 8.96. The Balaban J connectivity index is 1.75. The second-order valence-corrected chi connectivity index (χ2v) is 6.48. The van der Waals surface area contributed by atoms with Crippen molar-refractivity contribution in [1.82, 2.24) is 9.97 Å². The Bertz CT molecular complexity index is 1040. The highest BCUT2D eigenvalue weighted by Crippen LogP contribution is 2.30. The van der Waals surface area contributed by atoms with Crippen LogP contribution in [0.5, 0.6) is 17.4 Å². The first kappa shape index (κ1) is 17.0. The van der Waals surface area contributed by atoms with Crippen molar-refractivity contribution in [1.29, 1.82) is 0 Å². The Hall–Kier alpha value is -3.40. The van der Waals surface area contributed by atoms with Crippen molar-refractivity contribution in [3.05, 3.63) is 78.9 Å². The summed E-state index contributed by atoms with van der Waals surface area (Å²) >= 11 is 0. The monoisotopic (exact) mass is 356 g/mol. The van der Waals surface area contributed by atoms with Crippen LogP contribution in [-0.2, 0) is 0 Å². The topological polar surface area (TPSA) is 44.2 Å². The summed E-state index contributed by atoms with van der Waals surface area (Å²) < 4.78 is 11.8. The number of hydrogen-bond acceptors (Lipinski definition) is 4. The minimum atomic E-state index is 0.138. The quantitative estimate of drug-likeness (QED) is 0.448. The van der Waals surface area contributed by atoms with E-state index in [1.807, 2.05) is 92.7 Å². The highest BCUT2D eigenvalue weighted by molar-refractivity contribution is 5.85. The summed E-state index contributed by atoms with van der Waals surface area (Å²) in [6.07, 6.45) is 0.138. The third kappa shape index (κ3) is 3.90. The van der Waals surface area contributed by atoms with Gasteiger partial charge in [0.1, 0.15) is 11.5 Å². The molecule has 4 nitrogen and oxygen atoms in total. The summed E-state index contributed by atoms with van der Waals surface area (Å²) in [5.41, 5.74) is 1.76. The molecule has 0 aliphatic rings. The van der Waals surface area contributed by atoms with Crippen LogP contribution in [0, 0.1) is 0 Å². The fourth-order valence-corrected chi connectivity index (χ4v) is 2.81. The number of hydrogen-bond donors (Lipinski definition) is 0.